The van der Waals surface area contributed by atoms with Crippen LogP contribution in [0.3, 0.4) is 0 Å². The zero-order chi connectivity index (χ0) is 9.97. The summed E-state index contributed by atoms with van der Waals surface area (Å²) in [6.07, 6.45) is 1.58. The molecule has 1 aromatic heterocycles. The van der Waals surface area contributed by atoms with Crippen LogP contribution in [0.15, 0.2) is 24.5 Å². The number of rotatable bonds is 2. The molecule has 2 N–H and O–H groups in total. The molecule has 0 saturated carbocycles. The van der Waals surface area contributed by atoms with Crippen molar-refractivity contribution >= 4 is 34.2 Å². The Hall–Kier alpha value is -1.55. The molecule has 2 aromatic rings. The van der Waals surface area contributed by atoms with Gasteiger partial charge in [0, 0.05) is 0 Å². The standard InChI is InChI=1S/C9H8ClN3O/c10-4-8(14)13-7-3-1-2-6-9(7)12-5-11-6/h1-3,5H,4H2,(H,11,12)(H,13,14). The van der Waals surface area contributed by atoms with Crippen LogP contribution in [0.5, 0.6) is 0 Å². The minimum Gasteiger partial charge on any atom is -0.345 e. The van der Waals surface area contributed by atoms with Gasteiger partial charge in [0.25, 0.3) is 0 Å². The van der Waals surface area contributed by atoms with Crippen LogP contribution in [0.4, 0.5) is 5.69 Å². The highest BCUT2D eigenvalue weighted by atomic mass is 35.5. The van der Waals surface area contributed by atoms with Gasteiger partial charge in [0.05, 0.1) is 17.5 Å². The Bertz CT molecular complexity index is 466. The summed E-state index contributed by atoms with van der Waals surface area (Å²) in [4.78, 5) is 18.1. The van der Waals surface area contributed by atoms with Gasteiger partial charge in [-0.15, -0.1) is 11.6 Å². The molecule has 0 atom stereocenters. The van der Waals surface area contributed by atoms with Crippen molar-refractivity contribution in [2.75, 3.05) is 11.2 Å². The molecule has 0 saturated heterocycles. The molecule has 1 heterocycles. The third-order valence-electron chi connectivity index (χ3n) is 1.85. The first-order chi connectivity index (χ1) is 6.81. The molecule has 0 radical (unpaired) electrons. The van der Waals surface area contributed by atoms with E-state index in [1.165, 1.54) is 0 Å². The lowest BCUT2D eigenvalue weighted by molar-refractivity contribution is -0.113. The van der Waals surface area contributed by atoms with E-state index in [2.05, 4.69) is 15.3 Å². The van der Waals surface area contributed by atoms with Gasteiger partial charge in [0.1, 0.15) is 11.4 Å². The minimum atomic E-state index is -0.234. The van der Waals surface area contributed by atoms with E-state index in [-0.39, 0.29) is 11.8 Å². The molecule has 0 bridgehead atoms. The number of para-hydroxylation sites is 1. The van der Waals surface area contributed by atoms with Crippen molar-refractivity contribution in [3.05, 3.63) is 24.5 Å². The third-order valence-corrected chi connectivity index (χ3v) is 2.09. The predicted molar refractivity (Wildman–Crippen MR) is 55.4 cm³/mol. The molecular formula is C9H8ClN3O. The molecular weight excluding hydrogens is 202 g/mol. The van der Waals surface area contributed by atoms with E-state index in [9.17, 15) is 4.79 Å². The molecule has 0 aliphatic carbocycles. The maximum absolute atomic E-state index is 11.1. The summed E-state index contributed by atoms with van der Waals surface area (Å²) < 4.78 is 0. The molecule has 0 spiro atoms. The number of H-pyrrole nitrogens is 1. The minimum absolute atomic E-state index is 0.0548. The molecule has 1 amide bonds. The van der Waals surface area contributed by atoms with E-state index in [1.807, 2.05) is 12.1 Å². The van der Waals surface area contributed by atoms with Gasteiger partial charge >= 0.3 is 0 Å². The largest absolute Gasteiger partial charge is 0.345 e. The van der Waals surface area contributed by atoms with Gasteiger partial charge in [-0.3, -0.25) is 4.79 Å². The van der Waals surface area contributed by atoms with Crippen LogP contribution in [0.2, 0.25) is 0 Å². The van der Waals surface area contributed by atoms with E-state index < -0.39 is 0 Å². The fourth-order valence-electron chi connectivity index (χ4n) is 1.25. The molecule has 0 unspecified atom stereocenters. The van der Waals surface area contributed by atoms with Gasteiger partial charge in [-0.25, -0.2) is 4.98 Å². The number of imidazole rings is 1. The summed E-state index contributed by atoms with van der Waals surface area (Å²) in [5.74, 6) is -0.289. The summed E-state index contributed by atoms with van der Waals surface area (Å²) in [5, 5.41) is 2.67. The molecule has 0 fully saturated rings. The van der Waals surface area contributed by atoms with Gasteiger partial charge in [-0.1, -0.05) is 6.07 Å². The number of carbonyl (C=O) groups excluding carboxylic acids is 1. The number of carbonyl (C=O) groups is 1. The number of fused-ring (bicyclic) bond motifs is 1. The number of hydrogen-bond acceptors (Lipinski definition) is 2. The second-order valence-electron chi connectivity index (χ2n) is 2.79. The smallest absolute Gasteiger partial charge is 0.239 e. The Morgan fingerprint density at radius 3 is 3.21 bits per heavy atom. The second kappa shape index (κ2) is 3.67. The van der Waals surface area contributed by atoms with E-state index in [4.69, 9.17) is 11.6 Å². The van der Waals surface area contributed by atoms with Crippen LogP contribution in [0.25, 0.3) is 11.0 Å². The van der Waals surface area contributed by atoms with Gasteiger partial charge in [0.2, 0.25) is 5.91 Å². The lowest BCUT2D eigenvalue weighted by Gasteiger charge is -2.02. The number of anilines is 1. The van der Waals surface area contributed by atoms with E-state index >= 15 is 0 Å². The van der Waals surface area contributed by atoms with Crippen LogP contribution < -0.4 is 5.32 Å². The first kappa shape index (κ1) is 9.02. The van der Waals surface area contributed by atoms with Crippen molar-refractivity contribution in [3.8, 4) is 0 Å². The summed E-state index contributed by atoms with van der Waals surface area (Å²) in [6, 6.07) is 5.51. The van der Waals surface area contributed by atoms with Crippen LogP contribution in [0, 0.1) is 0 Å². The zero-order valence-electron chi connectivity index (χ0n) is 7.25. The number of aromatic amines is 1. The third kappa shape index (κ3) is 1.56. The van der Waals surface area contributed by atoms with Crippen molar-refractivity contribution < 1.29 is 4.79 Å². The molecule has 0 aliphatic heterocycles. The normalized spacial score (nSPS) is 10.4. The lowest BCUT2D eigenvalue weighted by Crippen LogP contribution is -2.12. The number of benzene rings is 1. The highest BCUT2D eigenvalue weighted by Gasteiger charge is 2.05. The van der Waals surface area contributed by atoms with Crippen molar-refractivity contribution in [2.24, 2.45) is 0 Å². The molecule has 72 valence electrons. The Balaban J connectivity index is 2.41. The number of alkyl halides is 1. The number of aromatic nitrogens is 2. The quantitative estimate of drug-likeness (QED) is 0.741. The molecule has 2 rings (SSSR count). The monoisotopic (exact) mass is 209 g/mol. The number of nitrogens with zero attached hydrogens (tertiary/aromatic N) is 1. The maximum atomic E-state index is 11.1. The predicted octanol–water partition coefficient (Wildman–Crippen LogP) is 1.74. The molecule has 4 nitrogen and oxygen atoms in total. The van der Waals surface area contributed by atoms with Crippen LogP contribution >= 0.6 is 11.6 Å². The first-order valence-corrected chi connectivity index (χ1v) is 4.62. The maximum Gasteiger partial charge on any atom is 0.239 e. The zero-order valence-corrected chi connectivity index (χ0v) is 8.01. The first-order valence-electron chi connectivity index (χ1n) is 4.09. The number of halogens is 1. The fraction of sp³-hybridized carbons (Fsp3) is 0.111. The van der Waals surface area contributed by atoms with E-state index in [0.29, 0.717) is 5.69 Å². The van der Waals surface area contributed by atoms with Crippen molar-refractivity contribution in [1.82, 2.24) is 9.97 Å². The number of hydrogen-bond donors (Lipinski definition) is 2. The van der Waals surface area contributed by atoms with Gasteiger partial charge in [-0.2, -0.15) is 0 Å². The Labute approximate surface area is 85.3 Å². The summed E-state index contributed by atoms with van der Waals surface area (Å²) in [5.41, 5.74) is 2.30. The van der Waals surface area contributed by atoms with Crippen LogP contribution in [0.1, 0.15) is 0 Å². The second-order valence-corrected chi connectivity index (χ2v) is 3.05. The van der Waals surface area contributed by atoms with Crippen molar-refractivity contribution in [1.29, 1.82) is 0 Å². The summed E-state index contributed by atoms with van der Waals surface area (Å²) >= 11 is 5.39. The topological polar surface area (TPSA) is 57.8 Å². The lowest BCUT2D eigenvalue weighted by atomic mass is 10.2. The Kier molecular flexibility index (Phi) is 2.37. The Morgan fingerprint density at radius 1 is 1.57 bits per heavy atom. The molecule has 1 aromatic carbocycles. The van der Waals surface area contributed by atoms with Gasteiger partial charge in [0.15, 0.2) is 0 Å². The fourth-order valence-corrected chi connectivity index (χ4v) is 1.32. The van der Waals surface area contributed by atoms with Gasteiger partial charge in [-0.05, 0) is 12.1 Å². The number of amides is 1. The average molecular weight is 210 g/mol. The van der Waals surface area contributed by atoms with E-state index in [1.54, 1.807) is 12.4 Å². The summed E-state index contributed by atoms with van der Waals surface area (Å²) in [6.45, 7) is 0. The van der Waals surface area contributed by atoms with Crippen molar-refractivity contribution in [2.45, 2.75) is 0 Å². The van der Waals surface area contributed by atoms with Crippen molar-refractivity contribution in [3.63, 3.8) is 0 Å². The Morgan fingerprint density at radius 2 is 2.43 bits per heavy atom. The SMILES string of the molecule is O=C(CCl)Nc1cccc2[nH]cnc12. The molecule has 0 aliphatic rings. The van der Waals surface area contributed by atoms with Crippen LogP contribution in [-0.2, 0) is 4.79 Å². The number of nitrogens with one attached hydrogen (secondary N) is 2. The highest BCUT2D eigenvalue weighted by molar-refractivity contribution is 6.29. The molecule has 5 heteroatoms. The molecule has 14 heavy (non-hydrogen) atoms. The highest BCUT2D eigenvalue weighted by Crippen LogP contribution is 2.19. The summed E-state index contributed by atoms with van der Waals surface area (Å²) in [7, 11) is 0. The van der Waals surface area contributed by atoms with Crippen LogP contribution in [-0.4, -0.2) is 21.8 Å². The van der Waals surface area contributed by atoms with E-state index in [0.717, 1.165) is 11.0 Å². The van der Waals surface area contributed by atoms with Gasteiger partial charge < -0.3 is 10.3 Å². The average Bonchev–Trinajstić information content (AvgIpc) is 2.66.